The lowest BCUT2D eigenvalue weighted by molar-refractivity contribution is -0.139. The summed E-state index contributed by atoms with van der Waals surface area (Å²) in [6.07, 6.45) is 1.66. The number of hydrogen-bond acceptors (Lipinski definition) is 5. The van der Waals surface area contributed by atoms with E-state index in [0.29, 0.717) is 19.6 Å². The molecule has 0 aliphatic carbocycles. The van der Waals surface area contributed by atoms with Crippen molar-refractivity contribution in [1.29, 1.82) is 0 Å². The summed E-state index contributed by atoms with van der Waals surface area (Å²) in [6, 6.07) is 0. The summed E-state index contributed by atoms with van der Waals surface area (Å²) >= 11 is 1.57. The Morgan fingerprint density at radius 1 is 1.46 bits per heavy atom. The number of rotatable bonds is 5. The van der Waals surface area contributed by atoms with E-state index in [9.17, 15) is 9.59 Å². The Balaban J connectivity index is 1.86. The van der Waals surface area contributed by atoms with Crippen LogP contribution in [0.15, 0.2) is 5.38 Å². The third-order valence-corrected chi connectivity index (χ3v) is 5.00. The molecule has 2 heterocycles. The average Bonchev–Trinajstić information content (AvgIpc) is 3.02. The molecule has 0 saturated carbocycles. The first kappa shape index (κ1) is 18.9. The zero-order valence-electron chi connectivity index (χ0n) is 14.9. The van der Waals surface area contributed by atoms with Gasteiger partial charge >= 0.3 is 0 Å². The molecule has 2 amide bonds. The second-order valence-corrected chi connectivity index (χ2v) is 8.15. The first-order valence-electron chi connectivity index (χ1n) is 8.30. The number of methoxy groups -OCH3 is 1. The third kappa shape index (κ3) is 5.01. The van der Waals surface area contributed by atoms with Crippen LogP contribution >= 0.6 is 11.3 Å². The van der Waals surface area contributed by atoms with Crippen LogP contribution in [-0.2, 0) is 26.3 Å². The highest BCUT2D eigenvalue weighted by Crippen LogP contribution is 2.24. The van der Waals surface area contributed by atoms with Crippen molar-refractivity contribution in [3.8, 4) is 0 Å². The molecule has 24 heavy (non-hydrogen) atoms. The van der Waals surface area contributed by atoms with E-state index in [1.54, 1.807) is 16.2 Å². The third-order valence-electron chi connectivity index (χ3n) is 4.15. The Hall–Kier alpha value is -1.47. The summed E-state index contributed by atoms with van der Waals surface area (Å²) in [5.74, 6) is -0.205. The van der Waals surface area contributed by atoms with Crippen molar-refractivity contribution < 1.29 is 14.3 Å². The van der Waals surface area contributed by atoms with Crippen molar-refractivity contribution in [3.63, 3.8) is 0 Å². The van der Waals surface area contributed by atoms with E-state index in [1.807, 2.05) is 5.38 Å². The van der Waals surface area contributed by atoms with E-state index < -0.39 is 0 Å². The molecule has 7 heteroatoms. The van der Waals surface area contributed by atoms with E-state index in [0.717, 1.165) is 23.5 Å². The Bertz CT molecular complexity index is 580. The van der Waals surface area contributed by atoms with Crippen LogP contribution in [-0.4, -0.2) is 48.5 Å². The fourth-order valence-electron chi connectivity index (χ4n) is 2.68. The normalized spacial score (nSPS) is 18.5. The first-order valence-corrected chi connectivity index (χ1v) is 9.18. The van der Waals surface area contributed by atoms with Crippen LogP contribution in [0.2, 0.25) is 0 Å². The van der Waals surface area contributed by atoms with Crippen LogP contribution in [0.25, 0.3) is 0 Å². The molecule has 1 aliphatic heterocycles. The van der Waals surface area contributed by atoms with Gasteiger partial charge in [0.2, 0.25) is 11.8 Å². The van der Waals surface area contributed by atoms with Crippen LogP contribution in [0.4, 0.5) is 0 Å². The molecule has 1 aromatic heterocycles. The van der Waals surface area contributed by atoms with Gasteiger partial charge in [0.1, 0.15) is 11.6 Å². The van der Waals surface area contributed by atoms with E-state index in [1.165, 1.54) is 7.11 Å². The number of amides is 2. The molecule has 0 aromatic carbocycles. The Kier molecular flexibility index (Phi) is 6.34. The largest absolute Gasteiger partial charge is 0.375 e. The highest BCUT2D eigenvalue weighted by atomic mass is 32.1. The van der Waals surface area contributed by atoms with Gasteiger partial charge < -0.3 is 15.0 Å². The quantitative estimate of drug-likeness (QED) is 0.878. The monoisotopic (exact) mass is 353 g/mol. The molecule has 1 aliphatic rings. The lowest BCUT2D eigenvalue weighted by atomic mass is 9.93. The van der Waals surface area contributed by atoms with Crippen molar-refractivity contribution in [2.75, 3.05) is 26.8 Å². The van der Waals surface area contributed by atoms with Crippen molar-refractivity contribution in [3.05, 3.63) is 16.1 Å². The van der Waals surface area contributed by atoms with Gasteiger partial charge in [-0.05, 0) is 12.8 Å². The van der Waals surface area contributed by atoms with Gasteiger partial charge in [0, 0.05) is 31.0 Å². The second-order valence-electron chi connectivity index (χ2n) is 7.21. The number of likely N-dealkylation sites (tertiary alicyclic amines) is 1. The highest BCUT2D eigenvalue weighted by Gasteiger charge is 2.28. The molecule has 6 nitrogen and oxygen atoms in total. The zero-order valence-corrected chi connectivity index (χ0v) is 15.7. The molecule has 0 bridgehead atoms. The standard InChI is InChI=1S/C17H27N3O3S/c1-17(2,3)13-11-24-14(19-13)8-18-16(22)12-6-5-7-20(9-12)15(21)10-23-4/h11-12H,5-10H2,1-4H3,(H,18,22). The number of carbonyl (C=O) groups excluding carboxylic acids is 2. The van der Waals surface area contributed by atoms with Crippen LogP contribution < -0.4 is 5.32 Å². The number of carbonyl (C=O) groups is 2. The summed E-state index contributed by atoms with van der Waals surface area (Å²) in [5.41, 5.74) is 1.07. The molecule has 1 fully saturated rings. The molecule has 2 rings (SSSR count). The van der Waals surface area contributed by atoms with Gasteiger partial charge in [-0.25, -0.2) is 4.98 Å². The van der Waals surface area contributed by atoms with Gasteiger partial charge in [-0.2, -0.15) is 0 Å². The number of hydrogen-bond donors (Lipinski definition) is 1. The maximum absolute atomic E-state index is 12.4. The lowest BCUT2D eigenvalue weighted by Gasteiger charge is -2.31. The highest BCUT2D eigenvalue weighted by molar-refractivity contribution is 7.09. The van der Waals surface area contributed by atoms with Gasteiger partial charge in [0.05, 0.1) is 18.2 Å². The fraction of sp³-hybridized carbons (Fsp3) is 0.706. The summed E-state index contributed by atoms with van der Waals surface area (Å²) in [4.78, 5) is 30.6. The van der Waals surface area contributed by atoms with Gasteiger partial charge in [-0.1, -0.05) is 20.8 Å². The molecule has 134 valence electrons. The van der Waals surface area contributed by atoms with E-state index in [2.05, 4.69) is 31.1 Å². The van der Waals surface area contributed by atoms with Gasteiger partial charge in [0.15, 0.2) is 0 Å². The van der Waals surface area contributed by atoms with Crippen molar-refractivity contribution in [2.45, 2.75) is 45.6 Å². The van der Waals surface area contributed by atoms with Gasteiger partial charge in [-0.3, -0.25) is 9.59 Å². The first-order chi connectivity index (χ1) is 11.3. The molecule has 1 saturated heterocycles. The SMILES string of the molecule is COCC(=O)N1CCCC(C(=O)NCc2nc(C(C)(C)C)cs2)C1. The molecule has 1 aromatic rings. The maximum atomic E-state index is 12.4. The molecule has 0 spiro atoms. The molecular weight excluding hydrogens is 326 g/mol. The minimum Gasteiger partial charge on any atom is -0.375 e. The number of nitrogens with one attached hydrogen (secondary N) is 1. The predicted octanol–water partition coefficient (Wildman–Crippen LogP) is 1.94. The zero-order chi connectivity index (χ0) is 17.7. The summed E-state index contributed by atoms with van der Waals surface area (Å²) in [5, 5.41) is 5.93. The minimum atomic E-state index is -0.151. The second kappa shape index (κ2) is 8.07. The van der Waals surface area contributed by atoms with Gasteiger partial charge in [-0.15, -0.1) is 11.3 Å². The maximum Gasteiger partial charge on any atom is 0.248 e. The predicted molar refractivity (Wildman–Crippen MR) is 93.8 cm³/mol. The lowest BCUT2D eigenvalue weighted by Crippen LogP contribution is -2.46. The Morgan fingerprint density at radius 2 is 2.21 bits per heavy atom. The fourth-order valence-corrected chi connectivity index (χ4v) is 3.64. The van der Waals surface area contributed by atoms with E-state index in [-0.39, 0.29) is 29.8 Å². The van der Waals surface area contributed by atoms with Crippen LogP contribution in [0, 0.1) is 5.92 Å². The van der Waals surface area contributed by atoms with E-state index in [4.69, 9.17) is 4.74 Å². The smallest absolute Gasteiger partial charge is 0.248 e. The molecule has 1 unspecified atom stereocenters. The van der Waals surface area contributed by atoms with Crippen molar-refractivity contribution >= 4 is 23.2 Å². The average molecular weight is 353 g/mol. The molecule has 1 N–H and O–H groups in total. The minimum absolute atomic E-state index is 0.00238. The number of piperidine rings is 1. The van der Waals surface area contributed by atoms with Crippen LogP contribution in [0.1, 0.15) is 44.3 Å². The number of aromatic nitrogens is 1. The molecular formula is C17H27N3O3S. The van der Waals surface area contributed by atoms with Crippen LogP contribution in [0.5, 0.6) is 0 Å². The number of nitrogens with zero attached hydrogens (tertiary/aromatic N) is 2. The Morgan fingerprint density at radius 3 is 2.83 bits per heavy atom. The van der Waals surface area contributed by atoms with Crippen LogP contribution in [0.3, 0.4) is 0 Å². The van der Waals surface area contributed by atoms with Crippen molar-refractivity contribution in [2.24, 2.45) is 5.92 Å². The molecule has 0 radical (unpaired) electrons. The number of thiazole rings is 1. The number of ether oxygens (including phenoxy) is 1. The molecule has 1 atom stereocenters. The van der Waals surface area contributed by atoms with Gasteiger partial charge in [0.25, 0.3) is 0 Å². The summed E-state index contributed by atoms with van der Waals surface area (Å²) in [6.45, 7) is 8.06. The Labute approximate surface area is 147 Å². The summed E-state index contributed by atoms with van der Waals surface area (Å²) in [7, 11) is 1.51. The van der Waals surface area contributed by atoms with E-state index >= 15 is 0 Å². The van der Waals surface area contributed by atoms with Crippen molar-refractivity contribution in [1.82, 2.24) is 15.2 Å². The summed E-state index contributed by atoms with van der Waals surface area (Å²) < 4.78 is 4.89. The topological polar surface area (TPSA) is 71.5 Å².